The van der Waals surface area contributed by atoms with Crippen molar-refractivity contribution in [3.63, 3.8) is 0 Å². The molecule has 1 unspecified atom stereocenters. The summed E-state index contributed by atoms with van der Waals surface area (Å²) in [5.41, 5.74) is 2.33. The Hall–Kier alpha value is -2.16. The van der Waals surface area contributed by atoms with Crippen LogP contribution < -0.4 is 14.8 Å². The van der Waals surface area contributed by atoms with E-state index in [1.165, 1.54) is 24.8 Å². The van der Waals surface area contributed by atoms with Gasteiger partial charge in [-0.05, 0) is 61.7 Å². The summed E-state index contributed by atoms with van der Waals surface area (Å²) in [6, 6.07) is 16.5. The molecule has 0 saturated carbocycles. The van der Waals surface area contributed by atoms with Crippen LogP contribution in [-0.4, -0.2) is 12.7 Å². The molecule has 142 valence electrons. The summed E-state index contributed by atoms with van der Waals surface area (Å²) in [5.74, 6) is 1.88. The molecule has 0 amide bonds. The van der Waals surface area contributed by atoms with Gasteiger partial charge in [0.15, 0.2) is 0 Å². The van der Waals surface area contributed by atoms with Crippen molar-refractivity contribution in [2.45, 2.75) is 65.5 Å². The van der Waals surface area contributed by atoms with Crippen molar-refractivity contribution in [3.05, 3.63) is 54.1 Å². The number of nitrogens with one attached hydrogen (secondary N) is 1. The lowest BCUT2D eigenvalue weighted by Gasteiger charge is -2.13. The minimum atomic E-state index is 0.256. The molecule has 0 aliphatic carbocycles. The van der Waals surface area contributed by atoms with Gasteiger partial charge in [-0.15, -0.1) is 0 Å². The highest BCUT2D eigenvalue weighted by molar-refractivity contribution is 5.47. The highest BCUT2D eigenvalue weighted by atomic mass is 16.5. The lowest BCUT2D eigenvalue weighted by molar-refractivity contribution is 0.217. The molecule has 0 aliphatic rings. The van der Waals surface area contributed by atoms with Crippen LogP contribution in [0.3, 0.4) is 0 Å². The predicted molar refractivity (Wildman–Crippen MR) is 110 cm³/mol. The van der Waals surface area contributed by atoms with Crippen molar-refractivity contribution >= 4 is 5.69 Å². The Bertz CT molecular complexity index is 607. The van der Waals surface area contributed by atoms with Gasteiger partial charge in [-0.25, -0.2) is 0 Å². The van der Waals surface area contributed by atoms with Crippen LogP contribution in [0.25, 0.3) is 0 Å². The van der Waals surface area contributed by atoms with Crippen LogP contribution in [0.15, 0.2) is 48.5 Å². The Morgan fingerprint density at radius 1 is 0.846 bits per heavy atom. The summed E-state index contributed by atoms with van der Waals surface area (Å²) < 4.78 is 11.6. The van der Waals surface area contributed by atoms with E-state index in [4.69, 9.17) is 9.47 Å². The molecule has 0 aliphatic heterocycles. The van der Waals surface area contributed by atoms with E-state index in [0.29, 0.717) is 0 Å². The van der Waals surface area contributed by atoms with E-state index in [9.17, 15) is 0 Å². The Morgan fingerprint density at radius 2 is 1.54 bits per heavy atom. The van der Waals surface area contributed by atoms with Gasteiger partial charge in [0.25, 0.3) is 0 Å². The van der Waals surface area contributed by atoms with Crippen LogP contribution >= 0.6 is 0 Å². The first-order valence-corrected chi connectivity index (χ1v) is 9.93. The van der Waals surface area contributed by atoms with Crippen LogP contribution in [0.2, 0.25) is 0 Å². The lowest BCUT2D eigenvalue weighted by atomic mass is 10.2. The summed E-state index contributed by atoms with van der Waals surface area (Å²) in [6.45, 7) is 8.04. The maximum atomic E-state index is 5.81. The largest absolute Gasteiger partial charge is 0.494 e. The maximum Gasteiger partial charge on any atom is 0.119 e. The van der Waals surface area contributed by atoms with Gasteiger partial charge in [0.2, 0.25) is 0 Å². The van der Waals surface area contributed by atoms with Gasteiger partial charge >= 0.3 is 0 Å². The van der Waals surface area contributed by atoms with Crippen LogP contribution in [-0.2, 0) is 6.54 Å². The van der Waals surface area contributed by atoms with E-state index < -0.39 is 0 Å². The lowest BCUT2D eigenvalue weighted by Crippen LogP contribution is -2.09. The number of benzene rings is 2. The first kappa shape index (κ1) is 20.2. The zero-order chi connectivity index (χ0) is 18.6. The first-order valence-electron chi connectivity index (χ1n) is 9.93. The molecule has 0 heterocycles. The number of hydrogen-bond donors (Lipinski definition) is 1. The van der Waals surface area contributed by atoms with Gasteiger partial charge in [-0.3, -0.25) is 0 Å². The topological polar surface area (TPSA) is 30.5 Å². The second-order valence-corrected chi connectivity index (χ2v) is 6.77. The van der Waals surface area contributed by atoms with E-state index in [1.807, 2.05) is 24.3 Å². The third-order valence-electron chi connectivity index (χ3n) is 4.45. The smallest absolute Gasteiger partial charge is 0.119 e. The molecule has 26 heavy (non-hydrogen) atoms. The molecule has 0 aromatic heterocycles. The van der Waals surface area contributed by atoms with Gasteiger partial charge in [0.05, 0.1) is 12.7 Å². The molecule has 1 atom stereocenters. The first-order chi connectivity index (χ1) is 12.7. The molecule has 3 nitrogen and oxygen atoms in total. The molecule has 0 radical (unpaired) electrons. The SMILES string of the molecule is CCCCCCOc1ccc(NCc2ccc(OC(C)CC)cc2)cc1. The summed E-state index contributed by atoms with van der Waals surface area (Å²) >= 11 is 0. The van der Waals surface area contributed by atoms with Crippen molar-refractivity contribution in [2.24, 2.45) is 0 Å². The van der Waals surface area contributed by atoms with E-state index in [0.717, 1.165) is 43.2 Å². The molecule has 0 fully saturated rings. The highest BCUT2D eigenvalue weighted by Crippen LogP contribution is 2.18. The zero-order valence-electron chi connectivity index (χ0n) is 16.5. The molecular formula is C23H33NO2. The summed E-state index contributed by atoms with van der Waals surface area (Å²) in [5, 5.41) is 3.45. The van der Waals surface area contributed by atoms with E-state index in [2.05, 4.69) is 50.4 Å². The molecule has 1 N–H and O–H groups in total. The number of unbranched alkanes of at least 4 members (excludes halogenated alkanes) is 3. The maximum absolute atomic E-state index is 5.81. The van der Waals surface area contributed by atoms with Gasteiger partial charge in [0.1, 0.15) is 11.5 Å². The van der Waals surface area contributed by atoms with Crippen molar-refractivity contribution < 1.29 is 9.47 Å². The van der Waals surface area contributed by atoms with Gasteiger partial charge in [-0.1, -0.05) is 45.2 Å². The summed E-state index contributed by atoms with van der Waals surface area (Å²) in [4.78, 5) is 0. The van der Waals surface area contributed by atoms with Crippen molar-refractivity contribution in [1.82, 2.24) is 0 Å². The number of rotatable bonds is 12. The number of hydrogen-bond acceptors (Lipinski definition) is 3. The second kappa shape index (κ2) is 11.5. The average molecular weight is 356 g/mol. The van der Waals surface area contributed by atoms with Gasteiger partial charge in [0, 0.05) is 12.2 Å². The molecule has 2 aromatic carbocycles. The molecule has 3 heteroatoms. The Labute approximate surface area is 158 Å². The van der Waals surface area contributed by atoms with Crippen LogP contribution in [0.1, 0.15) is 58.4 Å². The van der Waals surface area contributed by atoms with Gasteiger partial charge < -0.3 is 14.8 Å². The quantitative estimate of drug-likeness (QED) is 0.445. The van der Waals surface area contributed by atoms with Crippen molar-refractivity contribution in [3.8, 4) is 11.5 Å². The van der Waals surface area contributed by atoms with Crippen LogP contribution in [0, 0.1) is 0 Å². The molecule has 0 bridgehead atoms. The van der Waals surface area contributed by atoms with Gasteiger partial charge in [-0.2, -0.15) is 0 Å². The van der Waals surface area contributed by atoms with Crippen molar-refractivity contribution in [1.29, 1.82) is 0 Å². The fourth-order valence-corrected chi connectivity index (χ4v) is 2.59. The molecule has 0 spiro atoms. The van der Waals surface area contributed by atoms with Crippen molar-refractivity contribution in [2.75, 3.05) is 11.9 Å². The number of anilines is 1. The third-order valence-corrected chi connectivity index (χ3v) is 4.45. The average Bonchev–Trinajstić information content (AvgIpc) is 2.68. The Kier molecular flexibility index (Phi) is 8.88. The molecule has 2 aromatic rings. The van der Waals surface area contributed by atoms with Crippen LogP contribution in [0.4, 0.5) is 5.69 Å². The minimum absolute atomic E-state index is 0.256. The fourth-order valence-electron chi connectivity index (χ4n) is 2.59. The second-order valence-electron chi connectivity index (χ2n) is 6.77. The van der Waals surface area contributed by atoms with Crippen LogP contribution in [0.5, 0.6) is 11.5 Å². The summed E-state index contributed by atoms with van der Waals surface area (Å²) in [6.07, 6.45) is 6.19. The fraction of sp³-hybridized carbons (Fsp3) is 0.478. The minimum Gasteiger partial charge on any atom is -0.494 e. The standard InChI is InChI=1S/C23H33NO2/c1-4-6-7-8-17-25-22-15-11-21(12-16-22)24-18-20-9-13-23(14-10-20)26-19(3)5-2/h9-16,19,24H,4-8,17-18H2,1-3H3. The number of ether oxygens (including phenoxy) is 2. The molecular weight excluding hydrogens is 322 g/mol. The molecule has 2 rings (SSSR count). The van der Waals surface area contributed by atoms with E-state index >= 15 is 0 Å². The van der Waals surface area contributed by atoms with E-state index in [1.54, 1.807) is 0 Å². The Balaban J connectivity index is 1.73. The summed E-state index contributed by atoms with van der Waals surface area (Å²) in [7, 11) is 0. The third kappa shape index (κ3) is 7.38. The molecule has 0 saturated heterocycles. The predicted octanol–water partition coefficient (Wildman–Crippen LogP) is 6.44. The normalized spacial score (nSPS) is 11.8. The monoisotopic (exact) mass is 355 g/mol. The Morgan fingerprint density at radius 3 is 2.19 bits per heavy atom. The van der Waals surface area contributed by atoms with E-state index in [-0.39, 0.29) is 6.10 Å². The highest BCUT2D eigenvalue weighted by Gasteiger charge is 2.01. The zero-order valence-corrected chi connectivity index (χ0v) is 16.5.